The van der Waals surface area contributed by atoms with Gasteiger partial charge in [0.1, 0.15) is 11.8 Å². The van der Waals surface area contributed by atoms with Crippen LogP contribution in [0.15, 0.2) is 36.5 Å². The first-order valence-electron chi connectivity index (χ1n) is 5.56. The van der Waals surface area contributed by atoms with Gasteiger partial charge in [-0.2, -0.15) is 5.26 Å². The van der Waals surface area contributed by atoms with Crippen molar-refractivity contribution in [1.29, 1.82) is 5.26 Å². The van der Waals surface area contributed by atoms with E-state index in [0.29, 0.717) is 11.5 Å². The Labute approximate surface area is 111 Å². The highest BCUT2D eigenvalue weighted by Gasteiger charge is 2.06. The van der Waals surface area contributed by atoms with Crippen molar-refractivity contribution < 1.29 is 4.74 Å². The van der Waals surface area contributed by atoms with Gasteiger partial charge in [0.05, 0.1) is 0 Å². The van der Waals surface area contributed by atoms with Crippen LogP contribution in [0.1, 0.15) is 18.2 Å². The Kier molecular flexibility index (Phi) is 3.81. The third-order valence-electron chi connectivity index (χ3n) is 2.50. The van der Waals surface area contributed by atoms with Crippen molar-refractivity contribution in [1.82, 2.24) is 4.98 Å². The molecule has 0 aliphatic heterocycles. The van der Waals surface area contributed by atoms with Crippen LogP contribution in [0.4, 0.5) is 0 Å². The van der Waals surface area contributed by atoms with Gasteiger partial charge < -0.3 is 4.74 Å². The second kappa shape index (κ2) is 5.52. The zero-order chi connectivity index (χ0) is 13.0. The van der Waals surface area contributed by atoms with E-state index in [1.54, 1.807) is 30.5 Å². The fourth-order valence-electron chi connectivity index (χ4n) is 1.57. The molecule has 0 saturated carbocycles. The third-order valence-corrected chi connectivity index (χ3v) is 2.87. The summed E-state index contributed by atoms with van der Waals surface area (Å²) < 4.78 is 5.65. The van der Waals surface area contributed by atoms with Crippen molar-refractivity contribution in [2.45, 2.75) is 13.3 Å². The molecular formula is C14H11ClN2O. The van der Waals surface area contributed by atoms with Gasteiger partial charge in [0.2, 0.25) is 0 Å². The summed E-state index contributed by atoms with van der Waals surface area (Å²) in [6, 6.07) is 10.9. The third kappa shape index (κ3) is 2.61. The van der Waals surface area contributed by atoms with E-state index in [9.17, 15) is 0 Å². The first-order valence-corrected chi connectivity index (χ1v) is 5.93. The van der Waals surface area contributed by atoms with E-state index in [4.69, 9.17) is 21.6 Å². The highest BCUT2D eigenvalue weighted by atomic mass is 35.5. The van der Waals surface area contributed by atoms with Gasteiger partial charge in [-0.15, -0.1) is 0 Å². The number of ether oxygens (including phenoxy) is 1. The van der Waals surface area contributed by atoms with Crippen LogP contribution in [0.3, 0.4) is 0 Å². The van der Waals surface area contributed by atoms with Gasteiger partial charge in [0.25, 0.3) is 0 Å². The highest BCUT2D eigenvalue weighted by Crippen LogP contribution is 2.27. The van der Waals surface area contributed by atoms with Crippen molar-refractivity contribution in [2.24, 2.45) is 0 Å². The number of benzene rings is 1. The molecule has 4 heteroatoms. The summed E-state index contributed by atoms with van der Waals surface area (Å²) in [5, 5.41) is 9.65. The minimum Gasteiger partial charge on any atom is -0.454 e. The molecule has 0 amide bonds. The van der Waals surface area contributed by atoms with Crippen molar-refractivity contribution >= 4 is 11.6 Å². The minimum absolute atomic E-state index is 0.269. The molecular weight excluding hydrogens is 248 g/mol. The molecule has 0 unspecified atom stereocenters. The lowest BCUT2D eigenvalue weighted by Crippen LogP contribution is -1.92. The monoisotopic (exact) mass is 258 g/mol. The van der Waals surface area contributed by atoms with E-state index in [1.165, 1.54) is 0 Å². The topological polar surface area (TPSA) is 45.9 Å². The molecule has 0 aliphatic rings. The molecule has 0 bridgehead atoms. The van der Waals surface area contributed by atoms with Gasteiger partial charge in [-0.05, 0) is 42.3 Å². The molecule has 1 aromatic heterocycles. The fraction of sp³-hybridized carbons (Fsp3) is 0.143. The van der Waals surface area contributed by atoms with Gasteiger partial charge >= 0.3 is 0 Å². The van der Waals surface area contributed by atoms with E-state index in [-0.39, 0.29) is 5.69 Å². The molecule has 1 heterocycles. The number of nitrogens with zero attached hydrogens (tertiary/aromatic N) is 2. The zero-order valence-corrected chi connectivity index (χ0v) is 10.6. The standard InChI is InChI=1S/C14H11ClN2O/c1-2-10-8-11(5-6-12(10)15)18-14-4-3-7-17-13(14)9-16/h3-8H,2H2,1H3. The van der Waals surface area contributed by atoms with Crippen molar-refractivity contribution in [3.05, 3.63) is 52.8 Å². The predicted octanol–water partition coefficient (Wildman–Crippen LogP) is 3.96. The summed E-state index contributed by atoms with van der Waals surface area (Å²) in [5.41, 5.74) is 1.28. The average molecular weight is 259 g/mol. The van der Waals surface area contributed by atoms with E-state index in [1.807, 2.05) is 19.1 Å². The summed E-state index contributed by atoms with van der Waals surface area (Å²) in [4.78, 5) is 3.94. The molecule has 0 aliphatic carbocycles. The number of rotatable bonds is 3. The number of pyridine rings is 1. The summed E-state index contributed by atoms with van der Waals surface area (Å²) in [6.07, 6.45) is 2.39. The van der Waals surface area contributed by atoms with Gasteiger partial charge in [-0.3, -0.25) is 0 Å². The molecule has 0 N–H and O–H groups in total. The average Bonchev–Trinajstić information content (AvgIpc) is 2.41. The molecule has 1 aromatic carbocycles. The smallest absolute Gasteiger partial charge is 0.183 e. The molecule has 3 nitrogen and oxygen atoms in total. The Bertz CT molecular complexity index is 605. The Hall–Kier alpha value is -2.05. The lowest BCUT2D eigenvalue weighted by molar-refractivity contribution is 0.478. The molecule has 90 valence electrons. The van der Waals surface area contributed by atoms with E-state index in [0.717, 1.165) is 17.0 Å². The highest BCUT2D eigenvalue weighted by molar-refractivity contribution is 6.31. The summed E-state index contributed by atoms with van der Waals surface area (Å²) in [5.74, 6) is 1.10. The molecule has 0 fully saturated rings. The Morgan fingerprint density at radius 2 is 2.22 bits per heavy atom. The maximum Gasteiger partial charge on any atom is 0.183 e. The van der Waals surface area contributed by atoms with Crippen molar-refractivity contribution in [2.75, 3.05) is 0 Å². The van der Waals surface area contributed by atoms with Crippen molar-refractivity contribution in [3.63, 3.8) is 0 Å². The van der Waals surface area contributed by atoms with Gasteiger partial charge in [-0.25, -0.2) is 4.98 Å². The first kappa shape index (κ1) is 12.4. The Balaban J connectivity index is 2.32. The normalized spacial score (nSPS) is 9.83. The molecule has 18 heavy (non-hydrogen) atoms. The number of halogens is 1. The van der Waals surface area contributed by atoms with E-state index < -0.39 is 0 Å². The number of aromatic nitrogens is 1. The number of nitriles is 1. The second-order valence-electron chi connectivity index (χ2n) is 3.67. The van der Waals surface area contributed by atoms with E-state index in [2.05, 4.69) is 4.98 Å². The summed E-state index contributed by atoms with van der Waals surface area (Å²) in [7, 11) is 0. The number of hydrogen-bond acceptors (Lipinski definition) is 3. The van der Waals surface area contributed by atoms with Crippen LogP contribution in [0, 0.1) is 11.3 Å². The van der Waals surface area contributed by atoms with E-state index >= 15 is 0 Å². The molecule has 0 atom stereocenters. The van der Waals surface area contributed by atoms with Crippen LogP contribution in [0.2, 0.25) is 5.02 Å². The van der Waals surface area contributed by atoms with Crippen LogP contribution in [0.25, 0.3) is 0 Å². The van der Waals surface area contributed by atoms with Crippen molar-refractivity contribution in [3.8, 4) is 17.6 Å². The van der Waals surface area contributed by atoms with Crippen LogP contribution in [0.5, 0.6) is 11.5 Å². The summed E-state index contributed by atoms with van der Waals surface area (Å²) >= 11 is 6.04. The van der Waals surface area contributed by atoms with Gasteiger partial charge in [-0.1, -0.05) is 18.5 Å². The second-order valence-corrected chi connectivity index (χ2v) is 4.08. The summed E-state index contributed by atoms with van der Waals surface area (Å²) in [6.45, 7) is 2.02. The number of hydrogen-bond donors (Lipinski definition) is 0. The molecule has 0 saturated heterocycles. The SMILES string of the molecule is CCc1cc(Oc2cccnc2C#N)ccc1Cl. The molecule has 0 spiro atoms. The van der Waals surface area contributed by atoms with Gasteiger partial charge in [0, 0.05) is 11.2 Å². The lowest BCUT2D eigenvalue weighted by atomic mass is 10.1. The quantitative estimate of drug-likeness (QED) is 0.837. The Morgan fingerprint density at radius 1 is 1.39 bits per heavy atom. The largest absolute Gasteiger partial charge is 0.454 e. The van der Waals surface area contributed by atoms with Crippen LogP contribution >= 0.6 is 11.6 Å². The van der Waals surface area contributed by atoms with Gasteiger partial charge in [0.15, 0.2) is 11.4 Å². The van der Waals surface area contributed by atoms with Crippen LogP contribution < -0.4 is 4.74 Å². The lowest BCUT2D eigenvalue weighted by Gasteiger charge is -2.08. The molecule has 0 radical (unpaired) electrons. The zero-order valence-electron chi connectivity index (χ0n) is 9.85. The maximum absolute atomic E-state index is 8.93. The first-order chi connectivity index (χ1) is 8.74. The maximum atomic E-state index is 8.93. The van der Waals surface area contributed by atoms with Crippen LogP contribution in [-0.2, 0) is 6.42 Å². The predicted molar refractivity (Wildman–Crippen MR) is 69.9 cm³/mol. The molecule has 2 aromatic rings. The molecule has 2 rings (SSSR count). The Morgan fingerprint density at radius 3 is 2.94 bits per heavy atom. The minimum atomic E-state index is 0.269. The fourth-order valence-corrected chi connectivity index (χ4v) is 1.82. The van der Waals surface area contributed by atoms with Crippen LogP contribution in [-0.4, -0.2) is 4.98 Å². The number of aryl methyl sites for hydroxylation is 1.